The van der Waals surface area contributed by atoms with E-state index < -0.39 is 0 Å². The van der Waals surface area contributed by atoms with Crippen LogP contribution in [0.5, 0.6) is 17.2 Å². The molecule has 0 fully saturated rings. The van der Waals surface area contributed by atoms with E-state index in [1.54, 1.807) is 57.9 Å². The van der Waals surface area contributed by atoms with Gasteiger partial charge in [0.2, 0.25) is 5.75 Å². The van der Waals surface area contributed by atoms with Crippen molar-refractivity contribution in [3.63, 3.8) is 0 Å². The molecule has 0 aliphatic heterocycles. The first kappa shape index (κ1) is 18.6. The van der Waals surface area contributed by atoms with Gasteiger partial charge in [0.15, 0.2) is 11.5 Å². The van der Waals surface area contributed by atoms with Crippen molar-refractivity contribution in [2.75, 3.05) is 34.9 Å². The Bertz CT molecular complexity index is 937. The molecule has 0 radical (unpaired) electrons. The lowest BCUT2D eigenvalue weighted by molar-refractivity contribution is 0.0798. The van der Waals surface area contributed by atoms with Gasteiger partial charge in [0.1, 0.15) is 0 Å². The zero-order chi connectivity index (χ0) is 19.4. The quantitative estimate of drug-likeness (QED) is 0.693. The average Bonchev–Trinajstić information content (AvgIpc) is 3.14. The molecular formula is C20H23N3O4. The fourth-order valence-electron chi connectivity index (χ4n) is 3.08. The molecule has 0 unspecified atom stereocenters. The van der Waals surface area contributed by atoms with Crippen LogP contribution in [0.15, 0.2) is 36.8 Å². The molecule has 0 spiro atoms. The number of aromatic nitrogens is 2. The van der Waals surface area contributed by atoms with E-state index in [-0.39, 0.29) is 5.91 Å². The fourth-order valence-corrected chi connectivity index (χ4v) is 3.08. The number of ether oxygens (including phenoxy) is 3. The summed E-state index contributed by atoms with van der Waals surface area (Å²) in [5.74, 6) is 1.37. The van der Waals surface area contributed by atoms with Crippen molar-refractivity contribution in [3.8, 4) is 17.2 Å². The van der Waals surface area contributed by atoms with Crippen LogP contribution in [0, 0.1) is 0 Å². The predicted molar refractivity (Wildman–Crippen MR) is 103 cm³/mol. The molecule has 7 nitrogen and oxygen atoms in total. The SMILES string of the molecule is COc1cc2[nH]cc(C(=O)N(C)CCc3ccncc3)c2c(OC)c1OC. The second-order valence-electron chi connectivity index (χ2n) is 6.10. The van der Waals surface area contributed by atoms with Crippen LogP contribution in [-0.2, 0) is 6.42 Å². The Morgan fingerprint density at radius 2 is 1.81 bits per heavy atom. The van der Waals surface area contributed by atoms with Gasteiger partial charge in [0.05, 0.1) is 37.8 Å². The minimum Gasteiger partial charge on any atom is -0.493 e. The second kappa shape index (κ2) is 7.99. The molecule has 2 aromatic heterocycles. The Balaban J connectivity index is 1.92. The van der Waals surface area contributed by atoms with Crippen LogP contribution in [0.1, 0.15) is 15.9 Å². The summed E-state index contributed by atoms with van der Waals surface area (Å²) < 4.78 is 16.4. The van der Waals surface area contributed by atoms with E-state index in [2.05, 4.69) is 9.97 Å². The summed E-state index contributed by atoms with van der Waals surface area (Å²) in [7, 11) is 6.44. The standard InChI is InChI=1S/C20H23N3O4/c1-23(10-7-13-5-8-21-9-6-13)20(24)14-12-22-15-11-16(25-2)18(26-3)19(27-4)17(14)15/h5-6,8-9,11-12,22H,7,10H2,1-4H3. The zero-order valence-corrected chi connectivity index (χ0v) is 15.9. The van der Waals surface area contributed by atoms with Gasteiger partial charge in [-0.3, -0.25) is 9.78 Å². The highest BCUT2D eigenvalue weighted by Gasteiger charge is 2.24. The molecule has 3 rings (SSSR count). The Morgan fingerprint density at radius 1 is 1.11 bits per heavy atom. The smallest absolute Gasteiger partial charge is 0.255 e. The van der Waals surface area contributed by atoms with Crippen molar-refractivity contribution < 1.29 is 19.0 Å². The molecule has 1 aromatic carbocycles. The second-order valence-corrected chi connectivity index (χ2v) is 6.10. The number of hydrogen-bond donors (Lipinski definition) is 1. The topological polar surface area (TPSA) is 76.7 Å². The maximum atomic E-state index is 13.0. The first-order valence-electron chi connectivity index (χ1n) is 8.55. The number of carbonyl (C=O) groups is 1. The van der Waals surface area contributed by atoms with Gasteiger partial charge >= 0.3 is 0 Å². The van der Waals surface area contributed by atoms with Gasteiger partial charge in [-0.05, 0) is 24.1 Å². The third kappa shape index (κ3) is 3.53. The number of benzene rings is 1. The van der Waals surface area contributed by atoms with Crippen molar-refractivity contribution >= 4 is 16.8 Å². The van der Waals surface area contributed by atoms with E-state index in [4.69, 9.17) is 14.2 Å². The predicted octanol–water partition coefficient (Wildman–Crippen LogP) is 2.90. The van der Waals surface area contributed by atoms with Crippen LogP contribution in [0.25, 0.3) is 10.9 Å². The van der Waals surface area contributed by atoms with E-state index >= 15 is 0 Å². The lowest BCUT2D eigenvalue weighted by atomic mass is 10.1. The Labute approximate surface area is 157 Å². The van der Waals surface area contributed by atoms with E-state index in [1.807, 2.05) is 12.1 Å². The van der Waals surface area contributed by atoms with Crippen LogP contribution in [0.3, 0.4) is 0 Å². The van der Waals surface area contributed by atoms with Gasteiger partial charge in [-0.1, -0.05) is 0 Å². The third-order valence-corrected chi connectivity index (χ3v) is 4.53. The van der Waals surface area contributed by atoms with E-state index in [9.17, 15) is 4.79 Å². The number of pyridine rings is 1. The molecule has 0 saturated heterocycles. The zero-order valence-electron chi connectivity index (χ0n) is 15.9. The maximum Gasteiger partial charge on any atom is 0.255 e. The number of fused-ring (bicyclic) bond motifs is 1. The molecule has 0 aliphatic carbocycles. The van der Waals surface area contributed by atoms with Crippen molar-refractivity contribution in [2.45, 2.75) is 6.42 Å². The van der Waals surface area contributed by atoms with Crippen molar-refractivity contribution in [2.24, 2.45) is 0 Å². The van der Waals surface area contributed by atoms with Crippen LogP contribution >= 0.6 is 0 Å². The van der Waals surface area contributed by atoms with Crippen LogP contribution in [0.4, 0.5) is 0 Å². The third-order valence-electron chi connectivity index (χ3n) is 4.53. The summed E-state index contributed by atoms with van der Waals surface area (Å²) in [5, 5.41) is 0.677. The van der Waals surface area contributed by atoms with Gasteiger partial charge in [0.25, 0.3) is 5.91 Å². The largest absolute Gasteiger partial charge is 0.493 e. The summed E-state index contributed by atoms with van der Waals surface area (Å²) in [6.45, 7) is 0.588. The highest BCUT2D eigenvalue weighted by molar-refractivity contribution is 6.10. The van der Waals surface area contributed by atoms with E-state index in [0.717, 1.165) is 17.5 Å². The van der Waals surface area contributed by atoms with Gasteiger partial charge in [-0.2, -0.15) is 0 Å². The molecule has 0 saturated carbocycles. The number of aromatic amines is 1. The number of methoxy groups -OCH3 is 3. The summed E-state index contributed by atoms with van der Waals surface area (Å²) in [6, 6.07) is 5.69. The summed E-state index contributed by atoms with van der Waals surface area (Å²) in [4.78, 5) is 21.9. The molecule has 0 aliphatic rings. The highest BCUT2D eigenvalue weighted by Crippen LogP contribution is 2.44. The minimum atomic E-state index is -0.0965. The first-order valence-corrected chi connectivity index (χ1v) is 8.55. The Kier molecular flexibility index (Phi) is 5.49. The molecule has 27 heavy (non-hydrogen) atoms. The molecule has 1 N–H and O–H groups in total. The number of carbonyl (C=O) groups excluding carboxylic acids is 1. The summed E-state index contributed by atoms with van der Waals surface area (Å²) in [6.07, 6.45) is 5.95. The van der Waals surface area contributed by atoms with E-state index in [0.29, 0.717) is 34.7 Å². The molecule has 1 amide bonds. The fraction of sp³-hybridized carbons (Fsp3) is 0.300. The minimum absolute atomic E-state index is 0.0965. The number of H-pyrrole nitrogens is 1. The van der Waals surface area contributed by atoms with Gasteiger partial charge in [-0.25, -0.2) is 0 Å². The van der Waals surface area contributed by atoms with Crippen LogP contribution in [0.2, 0.25) is 0 Å². The van der Waals surface area contributed by atoms with Gasteiger partial charge in [-0.15, -0.1) is 0 Å². The van der Waals surface area contributed by atoms with E-state index in [1.165, 1.54) is 0 Å². The number of hydrogen-bond acceptors (Lipinski definition) is 5. The van der Waals surface area contributed by atoms with Gasteiger partial charge in [0, 0.05) is 38.2 Å². The molecule has 7 heteroatoms. The number of amides is 1. The monoisotopic (exact) mass is 369 g/mol. The van der Waals surface area contributed by atoms with Crippen molar-refractivity contribution in [3.05, 3.63) is 47.9 Å². The number of nitrogens with one attached hydrogen (secondary N) is 1. The highest BCUT2D eigenvalue weighted by atomic mass is 16.5. The lowest BCUT2D eigenvalue weighted by Crippen LogP contribution is -2.28. The summed E-state index contributed by atoms with van der Waals surface area (Å²) >= 11 is 0. The Morgan fingerprint density at radius 3 is 2.44 bits per heavy atom. The van der Waals surface area contributed by atoms with Gasteiger partial charge < -0.3 is 24.1 Å². The maximum absolute atomic E-state index is 13.0. The normalized spacial score (nSPS) is 10.7. The number of nitrogens with zero attached hydrogens (tertiary/aromatic N) is 2. The summed E-state index contributed by atoms with van der Waals surface area (Å²) in [5.41, 5.74) is 2.41. The molecule has 0 bridgehead atoms. The van der Waals surface area contributed by atoms with Crippen molar-refractivity contribution in [1.82, 2.24) is 14.9 Å². The van der Waals surface area contributed by atoms with Crippen molar-refractivity contribution in [1.29, 1.82) is 0 Å². The van der Waals surface area contributed by atoms with Crippen LogP contribution in [-0.4, -0.2) is 55.7 Å². The molecular weight excluding hydrogens is 346 g/mol. The first-order chi connectivity index (χ1) is 13.1. The average molecular weight is 369 g/mol. The molecule has 3 aromatic rings. The lowest BCUT2D eigenvalue weighted by Gasteiger charge is -2.18. The number of likely N-dealkylation sites (N-methyl/N-ethyl adjacent to an activating group) is 1. The molecule has 142 valence electrons. The molecule has 2 heterocycles. The van der Waals surface area contributed by atoms with Crippen LogP contribution < -0.4 is 14.2 Å². The Hall–Kier alpha value is -3.22. The number of rotatable bonds is 7. The molecule has 0 atom stereocenters.